The monoisotopic (exact) mass is 379 g/mol. The number of amides is 2. The van der Waals surface area contributed by atoms with Crippen LogP contribution in [0.15, 0.2) is 42.9 Å². The lowest BCUT2D eigenvalue weighted by Crippen LogP contribution is -2.47. The molecule has 4 rings (SSSR count). The fourth-order valence-electron chi connectivity index (χ4n) is 3.31. The number of fused-ring (bicyclic) bond motifs is 1. The lowest BCUT2D eigenvalue weighted by molar-refractivity contribution is -0.120. The highest BCUT2D eigenvalue weighted by atomic mass is 16.2. The van der Waals surface area contributed by atoms with Gasteiger partial charge in [0.15, 0.2) is 0 Å². The summed E-state index contributed by atoms with van der Waals surface area (Å²) >= 11 is 0. The fraction of sp³-hybridized carbons (Fsp3) is 0.316. The summed E-state index contributed by atoms with van der Waals surface area (Å²) in [5, 5.41) is 7.00. The van der Waals surface area contributed by atoms with Crippen molar-refractivity contribution in [2.45, 2.75) is 32.5 Å². The van der Waals surface area contributed by atoms with Gasteiger partial charge >= 0.3 is 0 Å². The third-order valence-electron chi connectivity index (χ3n) is 4.84. The van der Waals surface area contributed by atoms with E-state index in [1.165, 1.54) is 11.2 Å². The van der Waals surface area contributed by atoms with Crippen molar-refractivity contribution < 1.29 is 9.59 Å². The second-order valence-electron chi connectivity index (χ2n) is 6.81. The molecule has 0 aliphatic carbocycles. The molecular weight excluding hydrogens is 358 g/mol. The van der Waals surface area contributed by atoms with Gasteiger partial charge in [-0.2, -0.15) is 0 Å². The molecule has 144 valence electrons. The van der Waals surface area contributed by atoms with Crippen LogP contribution in [0.1, 0.15) is 28.3 Å². The molecule has 1 unspecified atom stereocenters. The van der Waals surface area contributed by atoms with Crippen LogP contribution in [-0.2, 0) is 17.9 Å². The van der Waals surface area contributed by atoms with E-state index < -0.39 is 11.9 Å². The summed E-state index contributed by atoms with van der Waals surface area (Å²) in [6, 6.07) is 9.14. The summed E-state index contributed by atoms with van der Waals surface area (Å²) in [5.41, 5.74) is 2.03. The Balaban J connectivity index is 1.44. The molecule has 28 heavy (non-hydrogen) atoms. The zero-order chi connectivity index (χ0) is 19.7. The first-order valence-electron chi connectivity index (χ1n) is 9.07. The molecule has 1 N–H and O–H groups in total. The maximum atomic E-state index is 12.7. The first-order chi connectivity index (χ1) is 13.5. The third-order valence-corrected chi connectivity index (χ3v) is 4.84. The lowest BCUT2D eigenvalue weighted by atomic mass is 10.2. The van der Waals surface area contributed by atoms with Crippen LogP contribution >= 0.6 is 0 Å². The van der Waals surface area contributed by atoms with Crippen LogP contribution in [0.25, 0.3) is 0 Å². The average molecular weight is 379 g/mol. The smallest absolute Gasteiger partial charge is 0.291 e. The molecule has 9 nitrogen and oxygen atoms in total. The minimum absolute atomic E-state index is 0.0459. The third kappa shape index (κ3) is 3.38. The zero-order valence-electron chi connectivity index (χ0n) is 15.7. The van der Waals surface area contributed by atoms with Crippen LogP contribution < -0.4 is 10.2 Å². The van der Waals surface area contributed by atoms with Gasteiger partial charge < -0.3 is 9.88 Å². The highest BCUT2D eigenvalue weighted by molar-refractivity contribution is 6.00. The zero-order valence-corrected chi connectivity index (χ0v) is 15.7. The molecule has 0 bridgehead atoms. The molecule has 3 aromatic rings. The molecular formula is C19H21N7O2. The van der Waals surface area contributed by atoms with Gasteiger partial charge in [-0.3, -0.25) is 14.5 Å². The number of imidazole rings is 1. The van der Waals surface area contributed by atoms with Crippen LogP contribution in [0.5, 0.6) is 0 Å². The minimum atomic E-state index is -0.653. The number of aromatic nitrogens is 5. The Kier molecular flexibility index (Phi) is 4.64. The standard InChI is InChI=1S/C19H21N7O2/c1-13-10-20-19-24(2)18(28)15(8-9-26(13)19)22-17(27)16-21-12-25(23-16)11-14-6-4-3-5-7-14/h3-7,10,12,15H,8-9,11H2,1-2H3,(H,22,27). The molecule has 9 heteroatoms. The molecule has 1 atom stereocenters. The van der Waals surface area contributed by atoms with Crippen molar-refractivity contribution in [2.24, 2.45) is 0 Å². The number of rotatable bonds is 4. The summed E-state index contributed by atoms with van der Waals surface area (Å²) < 4.78 is 3.57. The summed E-state index contributed by atoms with van der Waals surface area (Å²) in [7, 11) is 1.66. The molecule has 1 aliphatic heterocycles. The van der Waals surface area contributed by atoms with E-state index >= 15 is 0 Å². The Morgan fingerprint density at radius 1 is 1.25 bits per heavy atom. The van der Waals surface area contributed by atoms with Gasteiger partial charge in [0, 0.05) is 19.3 Å². The van der Waals surface area contributed by atoms with Crippen molar-refractivity contribution in [3.63, 3.8) is 0 Å². The van der Waals surface area contributed by atoms with E-state index in [0.29, 0.717) is 25.5 Å². The van der Waals surface area contributed by atoms with Gasteiger partial charge in [-0.05, 0) is 18.9 Å². The van der Waals surface area contributed by atoms with E-state index in [-0.39, 0.29) is 11.7 Å². The van der Waals surface area contributed by atoms with E-state index in [1.807, 2.05) is 41.8 Å². The average Bonchev–Trinajstić information content (AvgIpc) is 3.28. The van der Waals surface area contributed by atoms with E-state index in [1.54, 1.807) is 17.9 Å². The number of aryl methyl sites for hydroxylation is 1. The van der Waals surface area contributed by atoms with Crippen molar-refractivity contribution in [1.82, 2.24) is 29.6 Å². The molecule has 0 spiro atoms. The van der Waals surface area contributed by atoms with Crippen LogP contribution in [0.4, 0.5) is 5.95 Å². The van der Waals surface area contributed by atoms with Crippen LogP contribution in [0, 0.1) is 6.92 Å². The van der Waals surface area contributed by atoms with E-state index in [0.717, 1.165) is 11.3 Å². The number of anilines is 1. The van der Waals surface area contributed by atoms with Gasteiger partial charge in [0.2, 0.25) is 11.8 Å². The Labute approximate surface area is 162 Å². The first kappa shape index (κ1) is 17.9. The van der Waals surface area contributed by atoms with Crippen molar-refractivity contribution in [1.29, 1.82) is 0 Å². The molecule has 0 radical (unpaired) electrons. The summed E-state index contributed by atoms with van der Waals surface area (Å²) in [4.78, 5) is 35.2. The number of benzene rings is 1. The lowest BCUT2D eigenvalue weighted by Gasteiger charge is -2.19. The number of hydrogen-bond acceptors (Lipinski definition) is 5. The Hall–Kier alpha value is -3.49. The quantitative estimate of drug-likeness (QED) is 0.729. The molecule has 1 aromatic carbocycles. The second-order valence-corrected chi connectivity index (χ2v) is 6.81. The van der Waals surface area contributed by atoms with Gasteiger partial charge in [0.1, 0.15) is 12.4 Å². The van der Waals surface area contributed by atoms with Gasteiger partial charge in [-0.1, -0.05) is 30.3 Å². The number of nitrogens with one attached hydrogen (secondary N) is 1. The largest absolute Gasteiger partial charge is 0.337 e. The summed E-state index contributed by atoms with van der Waals surface area (Å²) in [6.45, 7) is 3.06. The van der Waals surface area contributed by atoms with E-state index in [9.17, 15) is 9.59 Å². The molecule has 0 fully saturated rings. The predicted octanol–water partition coefficient (Wildman–Crippen LogP) is 0.996. The second kappa shape index (κ2) is 7.26. The van der Waals surface area contributed by atoms with Crippen LogP contribution in [0.2, 0.25) is 0 Å². The minimum Gasteiger partial charge on any atom is -0.337 e. The topological polar surface area (TPSA) is 97.9 Å². The Morgan fingerprint density at radius 2 is 2.04 bits per heavy atom. The number of carbonyl (C=O) groups excluding carboxylic acids is 2. The molecule has 2 amide bonds. The number of hydrogen-bond donors (Lipinski definition) is 1. The van der Waals surface area contributed by atoms with Crippen molar-refractivity contribution in [2.75, 3.05) is 11.9 Å². The van der Waals surface area contributed by atoms with E-state index in [2.05, 4.69) is 20.4 Å². The van der Waals surface area contributed by atoms with E-state index in [4.69, 9.17) is 0 Å². The molecule has 2 aromatic heterocycles. The highest BCUT2D eigenvalue weighted by Crippen LogP contribution is 2.20. The van der Waals surface area contributed by atoms with Crippen molar-refractivity contribution in [3.8, 4) is 0 Å². The summed E-state index contributed by atoms with van der Waals surface area (Å²) in [6.07, 6.45) is 3.73. The first-order valence-corrected chi connectivity index (χ1v) is 9.07. The Bertz CT molecular complexity index is 1010. The number of carbonyl (C=O) groups is 2. The number of likely N-dealkylation sites (N-methyl/N-ethyl adjacent to an activating group) is 1. The summed E-state index contributed by atoms with van der Waals surface area (Å²) in [5.74, 6) is -0.0368. The van der Waals surface area contributed by atoms with Gasteiger partial charge in [0.05, 0.1) is 12.7 Å². The van der Waals surface area contributed by atoms with Gasteiger partial charge in [-0.15, -0.1) is 5.10 Å². The predicted molar refractivity (Wildman–Crippen MR) is 102 cm³/mol. The van der Waals surface area contributed by atoms with Gasteiger partial charge in [0.25, 0.3) is 11.8 Å². The van der Waals surface area contributed by atoms with Gasteiger partial charge in [-0.25, -0.2) is 14.6 Å². The SMILES string of the molecule is Cc1cnc2n1CCC(NC(=O)c1ncn(Cc3ccccc3)n1)C(=O)N2C. The van der Waals surface area contributed by atoms with Crippen LogP contribution in [-0.4, -0.2) is 49.2 Å². The molecule has 0 saturated heterocycles. The maximum Gasteiger partial charge on any atom is 0.291 e. The van der Waals surface area contributed by atoms with Crippen molar-refractivity contribution >= 4 is 17.8 Å². The fourth-order valence-corrected chi connectivity index (χ4v) is 3.31. The Morgan fingerprint density at radius 3 is 2.82 bits per heavy atom. The maximum absolute atomic E-state index is 12.7. The molecule has 1 aliphatic rings. The number of nitrogens with zero attached hydrogens (tertiary/aromatic N) is 6. The van der Waals surface area contributed by atoms with Crippen molar-refractivity contribution in [3.05, 3.63) is 59.9 Å². The highest BCUT2D eigenvalue weighted by Gasteiger charge is 2.31. The normalized spacial score (nSPS) is 16.6. The molecule has 0 saturated carbocycles. The molecule has 3 heterocycles. The van der Waals surface area contributed by atoms with Crippen LogP contribution in [0.3, 0.4) is 0 Å².